The van der Waals surface area contributed by atoms with Crippen LogP contribution in [0.3, 0.4) is 0 Å². The zero-order valence-corrected chi connectivity index (χ0v) is 12.4. The minimum Gasteiger partial charge on any atom is -0.505 e. The van der Waals surface area contributed by atoms with E-state index in [1.807, 2.05) is 6.07 Å². The van der Waals surface area contributed by atoms with Crippen LogP contribution in [0.25, 0.3) is 17.2 Å². The number of carbonyl (C=O) groups is 1. The number of aromatic hydroxyl groups is 1. The lowest BCUT2D eigenvalue weighted by Gasteiger charge is -2.04. The van der Waals surface area contributed by atoms with Gasteiger partial charge in [0.15, 0.2) is 11.6 Å². The summed E-state index contributed by atoms with van der Waals surface area (Å²) in [5.41, 5.74) is 2.74. The number of anilines is 1. The van der Waals surface area contributed by atoms with Gasteiger partial charge < -0.3 is 10.4 Å². The van der Waals surface area contributed by atoms with Crippen molar-refractivity contribution in [2.75, 3.05) is 5.32 Å². The monoisotopic (exact) mass is 324 g/mol. The number of hydrogen-bond donors (Lipinski definition) is 3. The number of nitrogens with zero attached hydrogens (tertiary/aromatic N) is 2. The van der Waals surface area contributed by atoms with Crippen LogP contribution < -0.4 is 5.32 Å². The van der Waals surface area contributed by atoms with Crippen LogP contribution in [0.1, 0.15) is 5.56 Å². The highest BCUT2D eigenvalue weighted by Gasteiger charge is 2.06. The number of aromatic amines is 1. The number of hydrogen-bond acceptors (Lipinski definition) is 4. The van der Waals surface area contributed by atoms with Crippen LogP contribution in [-0.2, 0) is 4.79 Å². The van der Waals surface area contributed by atoms with Crippen molar-refractivity contribution in [3.8, 4) is 16.9 Å². The van der Waals surface area contributed by atoms with E-state index < -0.39 is 17.5 Å². The molecule has 0 aliphatic rings. The molecule has 120 valence electrons. The van der Waals surface area contributed by atoms with Gasteiger partial charge in [-0.1, -0.05) is 0 Å². The Hall–Kier alpha value is -3.48. The van der Waals surface area contributed by atoms with E-state index >= 15 is 0 Å². The van der Waals surface area contributed by atoms with Crippen molar-refractivity contribution in [3.05, 3.63) is 66.5 Å². The zero-order chi connectivity index (χ0) is 16.9. The van der Waals surface area contributed by atoms with Crippen molar-refractivity contribution < 1.29 is 14.3 Å². The number of aromatic nitrogens is 3. The fourth-order valence-electron chi connectivity index (χ4n) is 2.13. The van der Waals surface area contributed by atoms with E-state index in [0.717, 1.165) is 22.8 Å². The van der Waals surface area contributed by atoms with Crippen molar-refractivity contribution in [1.82, 2.24) is 15.2 Å². The predicted molar refractivity (Wildman–Crippen MR) is 87.5 cm³/mol. The second-order valence-corrected chi connectivity index (χ2v) is 4.94. The average Bonchev–Trinajstić information content (AvgIpc) is 3.11. The topological polar surface area (TPSA) is 90.9 Å². The molecule has 0 saturated carbocycles. The number of phenolic OH excluding ortho intramolecular Hbond substituents is 1. The summed E-state index contributed by atoms with van der Waals surface area (Å²) in [6.07, 6.45) is 9.63. The van der Waals surface area contributed by atoms with Gasteiger partial charge in [0.25, 0.3) is 0 Å². The van der Waals surface area contributed by atoms with E-state index in [2.05, 4.69) is 20.5 Å². The van der Waals surface area contributed by atoms with Crippen LogP contribution in [0.4, 0.5) is 10.1 Å². The molecule has 0 aliphatic carbocycles. The smallest absolute Gasteiger partial charge is 0.248 e. The normalized spacial score (nSPS) is 10.9. The molecule has 0 saturated heterocycles. The highest BCUT2D eigenvalue weighted by Crippen LogP contribution is 2.23. The second kappa shape index (κ2) is 6.74. The maximum Gasteiger partial charge on any atom is 0.248 e. The molecule has 7 heteroatoms. The summed E-state index contributed by atoms with van der Waals surface area (Å²) in [6, 6.07) is 5.44. The molecule has 0 unspecified atom stereocenters. The Kier molecular flexibility index (Phi) is 4.33. The molecule has 2 heterocycles. The average molecular weight is 324 g/mol. The van der Waals surface area contributed by atoms with Crippen molar-refractivity contribution in [2.24, 2.45) is 0 Å². The van der Waals surface area contributed by atoms with Crippen LogP contribution in [-0.4, -0.2) is 26.2 Å². The summed E-state index contributed by atoms with van der Waals surface area (Å²) in [7, 11) is 0. The van der Waals surface area contributed by atoms with Gasteiger partial charge in [0.05, 0.1) is 6.20 Å². The van der Waals surface area contributed by atoms with Gasteiger partial charge in [0.2, 0.25) is 5.91 Å². The summed E-state index contributed by atoms with van der Waals surface area (Å²) in [5.74, 6) is -1.70. The molecule has 1 amide bonds. The molecule has 24 heavy (non-hydrogen) atoms. The minimum absolute atomic E-state index is 0.251. The van der Waals surface area contributed by atoms with E-state index in [0.29, 0.717) is 0 Å². The van der Waals surface area contributed by atoms with Crippen LogP contribution >= 0.6 is 0 Å². The minimum atomic E-state index is -0.800. The summed E-state index contributed by atoms with van der Waals surface area (Å²) in [4.78, 5) is 16.0. The summed E-state index contributed by atoms with van der Waals surface area (Å²) >= 11 is 0. The standard InChI is InChI=1S/C17H13FN4O2/c18-15-7-13(2-3-16(15)23)22-17(24)4-1-11-8-19-6-5-14(11)12-9-20-21-10-12/h1-10,23H,(H,20,21)(H,22,24)/b4-1+. The lowest BCUT2D eigenvalue weighted by atomic mass is 10.0. The fraction of sp³-hybridized carbons (Fsp3) is 0. The summed E-state index contributed by atoms with van der Waals surface area (Å²) in [5, 5.41) is 18.3. The highest BCUT2D eigenvalue weighted by molar-refractivity contribution is 6.02. The molecule has 6 nitrogen and oxygen atoms in total. The quantitative estimate of drug-likeness (QED) is 0.508. The van der Waals surface area contributed by atoms with E-state index in [1.54, 1.807) is 30.9 Å². The molecular weight excluding hydrogens is 311 g/mol. The Morgan fingerprint density at radius 1 is 1.29 bits per heavy atom. The molecule has 0 radical (unpaired) electrons. The third-order valence-corrected chi connectivity index (χ3v) is 3.29. The molecular formula is C17H13FN4O2. The Balaban J connectivity index is 1.76. The number of halogens is 1. The van der Waals surface area contributed by atoms with E-state index in [1.165, 1.54) is 18.2 Å². The summed E-state index contributed by atoms with van der Waals surface area (Å²) < 4.78 is 13.3. The molecule has 3 aromatic rings. The zero-order valence-electron chi connectivity index (χ0n) is 12.4. The SMILES string of the molecule is O=C(/C=C/c1cnccc1-c1cn[nH]c1)Nc1ccc(O)c(F)c1. The van der Waals surface area contributed by atoms with Gasteiger partial charge in [-0.25, -0.2) is 4.39 Å². The first kappa shape index (κ1) is 15.4. The van der Waals surface area contributed by atoms with E-state index in [-0.39, 0.29) is 5.69 Å². The molecule has 2 aromatic heterocycles. The van der Waals surface area contributed by atoms with Crippen LogP contribution in [0.2, 0.25) is 0 Å². The predicted octanol–water partition coefficient (Wildman–Crippen LogP) is 2.97. The van der Waals surface area contributed by atoms with Gasteiger partial charge in [-0.15, -0.1) is 0 Å². The molecule has 3 N–H and O–H groups in total. The van der Waals surface area contributed by atoms with Crippen molar-refractivity contribution in [3.63, 3.8) is 0 Å². The number of pyridine rings is 1. The van der Waals surface area contributed by atoms with E-state index in [9.17, 15) is 9.18 Å². The number of phenols is 1. The van der Waals surface area contributed by atoms with Crippen molar-refractivity contribution in [1.29, 1.82) is 0 Å². The third-order valence-electron chi connectivity index (χ3n) is 3.29. The second-order valence-electron chi connectivity index (χ2n) is 4.94. The highest BCUT2D eigenvalue weighted by atomic mass is 19.1. The van der Waals surface area contributed by atoms with E-state index in [4.69, 9.17) is 5.11 Å². The van der Waals surface area contributed by atoms with Crippen LogP contribution in [0.15, 0.2) is 55.1 Å². The molecule has 0 spiro atoms. The first-order valence-corrected chi connectivity index (χ1v) is 7.04. The lowest BCUT2D eigenvalue weighted by molar-refractivity contribution is -0.111. The molecule has 0 bridgehead atoms. The number of H-pyrrole nitrogens is 1. The Labute approximate surface area is 136 Å². The van der Waals surface area contributed by atoms with Gasteiger partial charge in [-0.2, -0.15) is 5.10 Å². The van der Waals surface area contributed by atoms with Gasteiger partial charge >= 0.3 is 0 Å². The number of amides is 1. The van der Waals surface area contributed by atoms with Gasteiger partial charge in [-0.05, 0) is 29.8 Å². The number of nitrogens with one attached hydrogen (secondary N) is 2. The number of benzene rings is 1. The molecule has 3 rings (SSSR count). The molecule has 0 aliphatic heterocycles. The number of carbonyl (C=O) groups excluding carboxylic acids is 1. The van der Waals surface area contributed by atoms with Crippen molar-refractivity contribution >= 4 is 17.7 Å². The third kappa shape index (κ3) is 3.46. The molecule has 0 fully saturated rings. The lowest BCUT2D eigenvalue weighted by Crippen LogP contribution is -2.07. The largest absolute Gasteiger partial charge is 0.505 e. The Morgan fingerprint density at radius 2 is 2.17 bits per heavy atom. The first-order valence-electron chi connectivity index (χ1n) is 7.04. The van der Waals surface area contributed by atoms with Crippen molar-refractivity contribution in [2.45, 2.75) is 0 Å². The maximum absolute atomic E-state index is 13.3. The molecule has 0 atom stereocenters. The maximum atomic E-state index is 13.3. The van der Waals surface area contributed by atoms with Gasteiger partial charge in [0.1, 0.15) is 0 Å². The Morgan fingerprint density at radius 3 is 2.92 bits per heavy atom. The first-order chi connectivity index (χ1) is 11.6. The molecule has 1 aromatic carbocycles. The van der Waals surface area contributed by atoms with Gasteiger partial charge in [0, 0.05) is 47.5 Å². The number of rotatable bonds is 4. The Bertz CT molecular complexity index is 891. The summed E-state index contributed by atoms with van der Waals surface area (Å²) in [6.45, 7) is 0. The van der Waals surface area contributed by atoms with Gasteiger partial charge in [-0.3, -0.25) is 14.9 Å². The van der Waals surface area contributed by atoms with Crippen LogP contribution in [0.5, 0.6) is 5.75 Å². The van der Waals surface area contributed by atoms with Crippen LogP contribution in [0, 0.1) is 5.82 Å². The fourth-order valence-corrected chi connectivity index (χ4v) is 2.13.